The number of carbonyl (C=O) groups excluding carboxylic acids is 1. The number of nitrogens with two attached hydrogens (primary N) is 1. The molecule has 154 valence electrons. The number of nitrogens with one attached hydrogen (secondary N) is 1. The summed E-state index contributed by atoms with van der Waals surface area (Å²) >= 11 is 1.20. The molecule has 0 spiro atoms. The standard InChI is InChI=1S/C23H16FN3O3S/c24-13-9-10-18(19(25)11-13)20-12-31-23(26-20)27-21(28)16-7-3-1-5-14(16)15-6-2-4-8-17(15)22(29)30/h1-12H,25H2,(H,29,30)(H,26,27,28). The molecule has 0 saturated heterocycles. The predicted octanol–water partition coefficient (Wildman–Crippen LogP) is 5.15. The molecule has 6 nitrogen and oxygen atoms in total. The first-order valence-corrected chi connectivity index (χ1v) is 10.1. The third kappa shape index (κ3) is 4.15. The van der Waals surface area contributed by atoms with E-state index in [4.69, 9.17) is 5.73 Å². The van der Waals surface area contributed by atoms with Gasteiger partial charge in [-0.3, -0.25) is 10.1 Å². The highest BCUT2D eigenvalue weighted by Gasteiger charge is 2.18. The molecule has 0 atom stereocenters. The Labute approximate surface area is 180 Å². The van der Waals surface area contributed by atoms with Gasteiger partial charge in [0.05, 0.1) is 11.3 Å². The predicted molar refractivity (Wildman–Crippen MR) is 119 cm³/mol. The Balaban J connectivity index is 1.64. The van der Waals surface area contributed by atoms with Crippen LogP contribution in [0.15, 0.2) is 72.1 Å². The van der Waals surface area contributed by atoms with E-state index in [0.29, 0.717) is 33.1 Å². The molecule has 0 aliphatic carbocycles. The van der Waals surface area contributed by atoms with Crippen molar-refractivity contribution >= 4 is 34.0 Å². The number of aromatic carboxylic acids is 1. The van der Waals surface area contributed by atoms with Gasteiger partial charge in [0.1, 0.15) is 5.82 Å². The van der Waals surface area contributed by atoms with Crippen LogP contribution in [0.25, 0.3) is 22.4 Å². The van der Waals surface area contributed by atoms with E-state index in [1.54, 1.807) is 47.8 Å². The Kier molecular flexibility index (Phi) is 5.46. The maximum absolute atomic E-state index is 13.3. The third-order valence-corrected chi connectivity index (χ3v) is 5.39. The van der Waals surface area contributed by atoms with Gasteiger partial charge in [-0.2, -0.15) is 0 Å². The summed E-state index contributed by atoms with van der Waals surface area (Å²) in [5.41, 5.74) is 8.55. The zero-order valence-electron chi connectivity index (χ0n) is 16.0. The number of hydrogen-bond donors (Lipinski definition) is 3. The maximum Gasteiger partial charge on any atom is 0.336 e. The Morgan fingerprint density at radius 3 is 2.26 bits per heavy atom. The average molecular weight is 433 g/mol. The van der Waals surface area contributed by atoms with Crippen LogP contribution in [0.1, 0.15) is 20.7 Å². The van der Waals surface area contributed by atoms with Gasteiger partial charge in [0, 0.05) is 22.2 Å². The molecule has 0 bridgehead atoms. The lowest BCUT2D eigenvalue weighted by atomic mass is 9.95. The Morgan fingerprint density at radius 1 is 0.935 bits per heavy atom. The van der Waals surface area contributed by atoms with Gasteiger partial charge in [0.15, 0.2) is 5.13 Å². The summed E-state index contributed by atoms with van der Waals surface area (Å²) in [4.78, 5) is 29.0. The first-order valence-electron chi connectivity index (χ1n) is 9.18. The van der Waals surface area contributed by atoms with Crippen LogP contribution in [0, 0.1) is 5.82 Å². The van der Waals surface area contributed by atoms with Crippen LogP contribution in [0.3, 0.4) is 0 Å². The molecule has 1 amide bonds. The zero-order chi connectivity index (χ0) is 22.0. The monoisotopic (exact) mass is 433 g/mol. The zero-order valence-corrected chi connectivity index (χ0v) is 16.8. The number of carbonyl (C=O) groups is 2. The van der Waals surface area contributed by atoms with Crippen molar-refractivity contribution in [1.29, 1.82) is 0 Å². The molecule has 3 aromatic carbocycles. The topological polar surface area (TPSA) is 105 Å². The minimum atomic E-state index is -1.08. The van der Waals surface area contributed by atoms with Crippen LogP contribution in [0.2, 0.25) is 0 Å². The highest BCUT2D eigenvalue weighted by Crippen LogP contribution is 2.31. The summed E-state index contributed by atoms with van der Waals surface area (Å²) in [6.07, 6.45) is 0. The second kappa shape index (κ2) is 8.37. The largest absolute Gasteiger partial charge is 0.478 e. The number of nitrogen functional groups attached to an aromatic ring is 1. The lowest BCUT2D eigenvalue weighted by Crippen LogP contribution is -2.13. The molecular formula is C23H16FN3O3S. The van der Waals surface area contributed by atoms with Crippen LogP contribution < -0.4 is 11.1 Å². The maximum atomic E-state index is 13.3. The first kappa shape index (κ1) is 20.2. The Hall–Kier alpha value is -4.04. The normalized spacial score (nSPS) is 10.6. The summed E-state index contributed by atoms with van der Waals surface area (Å²) < 4.78 is 13.3. The summed E-state index contributed by atoms with van der Waals surface area (Å²) in [5, 5.41) is 14.3. The highest BCUT2D eigenvalue weighted by atomic mass is 32.1. The smallest absolute Gasteiger partial charge is 0.336 e. The number of amides is 1. The van der Waals surface area contributed by atoms with E-state index in [0.717, 1.165) is 0 Å². The fourth-order valence-electron chi connectivity index (χ4n) is 3.21. The van der Waals surface area contributed by atoms with E-state index in [-0.39, 0.29) is 11.3 Å². The second-order valence-electron chi connectivity index (χ2n) is 6.62. The molecule has 31 heavy (non-hydrogen) atoms. The van der Waals surface area contributed by atoms with Crippen LogP contribution in [0.5, 0.6) is 0 Å². The molecule has 0 radical (unpaired) electrons. The van der Waals surface area contributed by atoms with Crippen molar-refractivity contribution in [1.82, 2.24) is 4.98 Å². The average Bonchev–Trinajstić information content (AvgIpc) is 3.21. The van der Waals surface area contributed by atoms with E-state index in [2.05, 4.69) is 10.3 Å². The van der Waals surface area contributed by atoms with Crippen molar-refractivity contribution in [2.24, 2.45) is 0 Å². The number of thiazole rings is 1. The molecule has 0 aliphatic rings. The molecule has 0 aliphatic heterocycles. The molecule has 4 N–H and O–H groups in total. The third-order valence-electron chi connectivity index (χ3n) is 4.63. The molecule has 0 unspecified atom stereocenters. The summed E-state index contributed by atoms with van der Waals surface area (Å²) in [5.74, 6) is -1.95. The Morgan fingerprint density at radius 2 is 1.58 bits per heavy atom. The van der Waals surface area contributed by atoms with E-state index in [9.17, 15) is 19.1 Å². The number of carboxylic acid groups (broad SMARTS) is 1. The quantitative estimate of drug-likeness (QED) is 0.378. The van der Waals surface area contributed by atoms with Gasteiger partial charge in [0.25, 0.3) is 5.91 Å². The van der Waals surface area contributed by atoms with E-state index in [1.165, 1.54) is 35.6 Å². The van der Waals surface area contributed by atoms with E-state index in [1.807, 2.05) is 0 Å². The van der Waals surface area contributed by atoms with E-state index < -0.39 is 17.7 Å². The van der Waals surface area contributed by atoms with Gasteiger partial charge in [-0.25, -0.2) is 14.2 Å². The number of carboxylic acids is 1. The Bertz CT molecular complexity index is 1300. The van der Waals surface area contributed by atoms with Gasteiger partial charge in [-0.15, -0.1) is 11.3 Å². The van der Waals surface area contributed by atoms with Gasteiger partial charge in [0.2, 0.25) is 0 Å². The minimum Gasteiger partial charge on any atom is -0.478 e. The highest BCUT2D eigenvalue weighted by molar-refractivity contribution is 7.14. The second-order valence-corrected chi connectivity index (χ2v) is 7.48. The van der Waals surface area contributed by atoms with Crippen molar-refractivity contribution in [3.05, 3.63) is 89.1 Å². The minimum absolute atomic E-state index is 0.103. The molecule has 4 aromatic rings. The van der Waals surface area contributed by atoms with Crippen LogP contribution in [-0.2, 0) is 0 Å². The number of rotatable bonds is 5. The van der Waals surface area contributed by atoms with Crippen molar-refractivity contribution in [2.75, 3.05) is 11.1 Å². The summed E-state index contributed by atoms with van der Waals surface area (Å²) in [6, 6.07) is 17.3. The molecular weight excluding hydrogens is 417 g/mol. The number of anilines is 2. The van der Waals surface area contributed by atoms with E-state index >= 15 is 0 Å². The van der Waals surface area contributed by atoms with Gasteiger partial charge in [-0.1, -0.05) is 36.4 Å². The van der Waals surface area contributed by atoms with Gasteiger partial charge >= 0.3 is 5.97 Å². The van der Waals surface area contributed by atoms with Crippen LogP contribution >= 0.6 is 11.3 Å². The lowest BCUT2D eigenvalue weighted by molar-refractivity contribution is 0.0697. The number of nitrogens with zero attached hydrogens (tertiary/aromatic N) is 1. The van der Waals surface area contributed by atoms with Crippen molar-refractivity contribution in [3.8, 4) is 22.4 Å². The SMILES string of the molecule is Nc1cc(F)ccc1-c1csc(NC(=O)c2ccccc2-c2ccccc2C(=O)O)n1. The van der Waals surface area contributed by atoms with Gasteiger partial charge in [-0.05, 0) is 41.5 Å². The van der Waals surface area contributed by atoms with Crippen LogP contribution in [-0.4, -0.2) is 22.0 Å². The summed E-state index contributed by atoms with van der Waals surface area (Å²) in [7, 11) is 0. The lowest BCUT2D eigenvalue weighted by Gasteiger charge is -2.11. The molecule has 1 aromatic heterocycles. The first-order chi connectivity index (χ1) is 14.9. The van der Waals surface area contributed by atoms with Crippen molar-refractivity contribution in [2.45, 2.75) is 0 Å². The molecule has 4 rings (SSSR count). The van der Waals surface area contributed by atoms with Crippen molar-refractivity contribution < 1.29 is 19.1 Å². The molecule has 1 heterocycles. The molecule has 0 fully saturated rings. The number of halogens is 1. The summed E-state index contributed by atoms with van der Waals surface area (Å²) in [6.45, 7) is 0. The molecule has 0 saturated carbocycles. The molecule has 8 heteroatoms. The number of aromatic nitrogens is 1. The fraction of sp³-hybridized carbons (Fsp3) is 0. The number of hydrogen-bond acceptors (Lipinski definition) is 5. The van der Waals surface area contributed by atoms with Crippen molar-refractivity contribution in [3.63, 3.8) is 0 Å². The fourth-order valence-corrected chi connectivity index (χ4v) is 3.91. The van der Waals surface area contributed by atoms with Crippen LogP contribution in [0.4, 0.5) is 15.2 Å². The van der Waals surface area contributed by atoms with Gasteiger partial charge < -0.3 is 10.8 Å². The number of benzene rings is 3.